The number of hydrogen-bond acceptors (Lipinski definition) is 4. The highest BCUT2D eigenvalue weighted by atomic mass is 32.2. The van der Waals surface area contributed by atoms with E-state index < -0.39 is 17.8 Å². The van der Waals surface area contributed by atoms with Crippen LogP contribution in [0.15, 0.2) is 0 Å². The maximum atomic E-state index is 11.4. The van der Waals surface area contributed by atoms with E-state index in [1.807, 2.05) is 6.26 Å². The molecule has 1 unspecified atom stereocenters. The molecule has 1 heterocycles. The van der Waals surface area contributed by atoms with E-state index in [4.69, 9.17) is 0 Å². The summed E-state index contributed by atoms with van der Waals surface area (Å²) in [5.74, 6) is -0.263. The molecule has 1 aliphatic heterocycles. The van der Waals surface area contributed by atoms with Crippen LogP contribution in [-0.4, -0.2) is 40.8 Å². The lowest BCUT2D eigenvalue weighted by Gasteiger charge is -2.29. The average molecular weight is 216 g/mol. The van der Waals surface area contributed by atoms with Crippen LogP contribution in [0.4, 0.5) is 4.79 Å². The Balaban J connectivity index is 2.71. The van der Waals surface area contributed by atoms with Crippen molar-refractivity contribution in [2.45, 2.75) is 19.4 Å². The minimum atomic E-state index is -0.604. The molecule has 0 saturated carbocycles. The molecular formula is C8H12N2O3S. The van der Waals surface area contributed by atoms with Gasteiger partial charge in [0.15, 0.2) is 0 Å². The Hall–Kier alpha value is -1.04. The molecule has 0 aliphatic carbocycles. The zero-order valence-corrected chi connectivity index (χ0v) is 8.89. The molecule has 5 nitrogen and oxygen atoms in total. The minimum Gasteiger partial charge on any atom is -0.277 e. The number of amides is 4. The number of barbiturate groups is 1. The van der Waals surface area contributed by atoms with Gasteiger partial charge in [-0.05, 0) is 13.2 Å². The van der Waals surface area contributed by atoms with Crippen LogP contribution in [0.25, 0.3) is 0 Å². The van der Waals surface area contributed by atoms with Crippen molar-refractivity contribution in [2.24, 2.45) is 0 Å². The summed E-state index contributed by atoms with van der Waals surface area (Å²) < 4.78 is 0. The molecule has 1 fully saturated rings. The number of nitrogens with zero attached hydrogens (tertiary/aromatic N) is 1. The Labute approximate surface area is 86.2 Å². The third kappa shape index (κ3) is 2.25. The van der Waals surface area contributed by atoms with E-state index in [2.05, 4.69) is 5.32 Å². The molecule has 1 rings (SSSR count). The second-order valence-electron chi connectivity index (χ2n) is 3.10. The SMILES string of the molecule is CSCC(C)N1C(=O)CC(=O)NC1=O. The first-order valence-electron chi connectivity index (χ1n) is 4.21. The van der Waals surface area contributed by atoms with E-state index in [1.54, 1.807) is 18.7 Å². The van der Waals surface area contributed by atoms with Crippen LogP contribution in [0, 0.1) is 0 Å². The van der Waals surface area contributed by atoms with Crippen LogP contribution in [0.1, 0.15) is 13.3 Å². The predicted molar refractivity (Wildman–Crippen MR) is 52.8 cm³/mol. The molecular weight excluding hydrogens is 204 g/mol. The summed E-state index contributed by atoms with van der Waals surface area (Å²) in [6, 6.07) is -0.779. The summed E-state index contributed by atoms with van der Waals surface area (Å²) in [4.78, 5) is 34.6. The fraction of sp³-hybridized carbons (Fsp3) is 0.625. The number of thioether (sulfide) groups is 1. The van der Waals surface area contributed by atoms with Crippen molar-refractivity contribution in [1.82, 2.24) is 10.2 Å². The molecule has 0 bridgehead atoms. The van der Waals surface area contributed by atoms with Gasteiger partial charge >= 0.3 is 6.03 Å². The molecule has 4 amide bonds. The van der Waals surface area contributed by atoms with Crippen molar-refractivity contribution < 1.29 is 14.4 Å². The van der Waals surface area contributed by atoms with Gasteiger partial charge in [-0.2, -0.15) is 11.8 Å². The second kappa shape index (κ2) is 4.45. The summed E-state index contributed by atoms with van der Waals surface area (Å²) >= 11 is 1.55. The second-order valence-corrected chi connectivity index (χ2v) is 4.01. The zero-order chi connectivity index (χ0) is 10.7. The molecule has 0 aromatic heterocycles. The van der Waals surface area contributed by atoms with Crippen LogP contribution in [-0.2, 0) is 9.59 Å². The molecule has 1 saturated heterocycles. The van der Waals surface area contributed by atoms with Crippen LogP contribution in [0.5, 0.6) is 0 Å². The molecule has 1 aliphatic rings. The quantitative estimate of drug-likeness (QED) is 0.685. The predicted octanol–water partition coefficient (Wildman–Crippen LogP) is 0.206. The minimum absolute atomic E-state index is 0.175. The van der Waals surface area contributed by atoms with Gasteiger partial charge in [-0.15, -0.1) is 0 Å². The van der Waals surface area contributed by atoms with Gasteiger partial charge in [-0.25, -0.2) is 4.79 Å². The summed E-state index contributed by atoms with van der Waals surface area (Å²) in [5, 5.41) is 2.12. The van der Waals surface area contributed by atoms with E-state index in [0.29, 0.717) is 5.75 Å². The molecule has 1 N–H and O–H groups in total. The number of carbonyl (C=O) groups is 3. The summed E-state index contributed by atoms with van der Waals surface area (Å²) in [7, 11) is 0. The van der Waals surface area contributed by atoms with Crippen molar-refractivity contribution in [1.29, 1.82) is 0 Å². The Morgan fingerprint density at radius 3 is 2.64 bits per heavy atom. The maximum Gasteiger partial charge on any atom is 0.331 e. The van der Waals surface area contributed by atoms with Gasteiger partial charge in [0.25, 0.3) is 0 Å². The highest BCUT2D eigenvalue weighted by molar-refractivity contribution is 7.98. The molecule has 1 atom stereocenters. The van der Waals surface area contributed by atoms with Crippen LogP contribution in [0.2, 0.25) is 0 Å². The Morgan fingerprint density at radius 2 is 2.14 bits per heavy atom. The van der Waals surface area contributed by atoms with Crippen LogP contribution >= 0.6 is 11.8 Å². The van der Waals surface area contributed by atoms with Gasteiger partial charge in [0.2, 0.25) is 11.8 Å². The fourth-order valence-electron chi connectivity index (χ4n) is 1.32. The number of hydrogen-bond donors (Lipinski definition) is 1. The number of imide groups is 2. The average Bonchev–Trinajstić information content (AvgIpc) is 2.01. The van der Waals surface area contributed by atoms with Crippen molar-refractivity contribution >= 4 is 29.6 Å². The maximum absolute atomic E-state index is 11.4. The van der Waals surface area contributed by atoms with E-state index >= 15 is 0 Å². The van der Waals surface area contributed by atoms with Crippen molar-refractivity contribution in [3.8, 4) is 0 Å². The van der Waals surface area contributed by atoms with E-state index in [-0.39, 0.29) is 12.5 Å². The van der Waals surface area contributed by atoms with Crippen molar-refractivity contribution in [3.63, 3.8) is 0 Å². The lowest BCUT2D eigenvalue weighted by molar-refractivity contribution is -0.137. The first kappa shape index (κ1) is 11.0. The number of carbonyl (C=O) groups excluding carboxylic acids is 3. The Kier molecular flexibility index (Phi) is 3.51. The van der Waals surface area contributed by atoms with Gasteiger partial charge in [0, 0.05) is 11.8 Å². The normalized spacial score (nSPS) is 19.6. The standard InChI is InChI=1S/C8H12N2O3S/c1-5(4-14-2)10-7(12)3-6(11)9-8(10)13/h5H,3-4H2,1-2H3,(H,9,11,13). The third-order valence-electron chi connectivity index (χ3n) is 1.89. The summed E-state index contributed by atoms with van der Waals surface area (Å²) in [6.45, 7) is 1.78. The molecule has 0 radical (unpaired) electrons. The molecule has 0 aromatic carbocycles. The van der Waals surface area contributed by atoms with E-state index in [1.165, 1.54) is 0 Å². The number of nitrogens with one attached hydrogen (secondary N) is 1. The topological polar surface area (TPSA) is 66.5 Å². The molecule has 0 spiro atoms. The lowest BCUT2D eigenvalue weighted by Crippen LogP contribution is -2.56. The van der Waals surface area contributed by atoms with Crippen molar-refractivity contribution in [2.75, 3.05) is 12.0 Å². The highest BCUT2D eigenvalue weighted by Gasteiger charge is 2.33. The van der Waals surface area contributed by atoms with E-state index in [0.717, 1.165) is 4.90 Å². The van der Waals surface area contributed by atoms with Gasteiger partial charge in [-0.3, -0.25) is 19.8 Å². The first-order chi connectivity index (χ1) is 6.56. The van der Waals surface area contributed by atoms with Crippen LogP contribution < -0.4 is 5.32 Å². The largest absolute Gasteiger partial charge is 0.331 e. The molecule has 0 aromatic rings. The molecule has 78 valence electrons. The summed E-state index contributed by atoms with van der Waals surface area (Å²) in [6.07, 6.45) is 1.67. The smallest absolute Gasteiger partial charge is 0.277 e. The fourth-order valence-corrected chi connectivity index (χ4v) is 1.95. The van der Waals surface area contributed by atoms with E-state index in [9.17, 15) is 14.4 Å². The number of urea groups is 1. The van der Waals surface area contributed by atoms with Crippen molar-refractivity contribution in [3.05, 3.63) is 0 Å². The Morgan fingerprint density at radius 1 is 1.50 bits per heavy atom. The zero-order valence-electron chi connectivity index (χ0n) is 8.07. The Bertz CT molecular complexity index is 260. The monoisotopic (exact) mass is 216 g/mol. The molecule has 14 heavy (non-hydrogen) atoms. The van der Waals surface area contributed by atoms with Crippen LogP contribution in [0.3, 0.4) is 0 Å². The molecule has 6 heteroatoms. The van der Waals surface area contributed by atoms with Gasteiger partial charge < -0.3 is 0 Å². The first-order valence-corrected chi connectivity index (χ1v) is 5.60. The highest BCUT2D eigenvalue weighted by Crippen LogP contribution is 2.11. The van der Waals surface area contributed by atoms with Gasteiger partial charge in [0.05, 0.1) is 0 Å². The van der Waals surface area contributed by atoms with Gasteiger partial charge in [0.1, 0.15) is 6.42 Å². The lowest BCUT2D eigenvalue weighted by atomic mass is 10.2. The number of rotatable bonds is 3. The third-order valence-corrected chi connectivity index (χ3v) is 2.71. The summed E-state index contributed by atoms with van der Waals surface area (Å²) in [5.41, 5.74) is 0. The van der Waals surface area contributed by atoms with Gasteiger partial charge in [-0.1, -0.05) is 0 Å².